The number of unbranched alkanes of at least 4 members (excludes halogenated alkanes) is 12. The number of carboxylic acid groups (broad SMARTS) is 1. The lowest BCUT2D eigenvalue weighted by Gasteiger charge is -2.14. The van der Waals surface area contributed by atoms with Gasteiger partial charge in [0.15, 0.2) is 0 Å². The molecule has 1 unspecified atom stereocenters. The van der Waals surface area contributed by atoms with Crippen molar-refractivity contribution in [3.8, 4) is 0 Å². The molecule has 0 amide bonds. The number of carbonyl (C=O) groups excluding carboxylic acids is 1. The summed E-state index contributed by atoms with van der Waals surface area (Å²) >= 11 is 0. The predicted octanol–water partition coefficient (Wildman–Crippen LogP) is 12.3. The Morgan fingerprint density at radius 3 is 1.61 bits per heavy atom. The molecule has 1 atom stereocenters. The van der Waals surface area contributed by atoms with Gasteiger partial charge >= 0.3 is 11.9 Å². The minimum absolute atomic E-state index is 0.0930. The van der Waals surface area contributed by atoms with E-state index in [0.717, 1.165) is 89.9 Å². The minimum Gasteiger partial charge on any atom is -0.481 e. The van der Waals surface area contributed by atoms with E-state index < -0.39 is 5.97 Å². The van der Waals surface area contributed by atoms with Crippen molar-refractivity contribution in [1.82, 2.24) is 0 Å². The molecule has 0 rings (SSSR count). The minimum atomic E-state index is -0.722. The number of allylic oxidation sites excluding steroid dienone is 11. The van der Waals surface area contributed by atoms with E-state index in [4.69, 9.17) is 9.84 Å². The number of carboxylic acids is 1. The first-order valence-electron chi connectivity index (χ1n) is 17.9. The van der Waals surface area contributed by atoms with E-state index in [1.807, 2.05) is 6.08 Å². The van der Waals surface area contributed by atoms with E-state index >= 15 is 0 Å². The van der Waals surface area contributed by atoms with Gasteiger partial charge in [0.2, 0.25) is 0 Å². The van der Waals surface area contributed by atoms with Gasteiger partial charge in [0.1, 0.15) is 6.10 Å². The SMILES string of the molecule is CC/C=C\C/C=C\C/C=C\C/C=C\C(CCCCCCCC(=O)O)OC(=O)CCCCCCC/C=C\C/C=C\CCCCC. The van der Waals surface area contributed by atoms with Crippen LogP contribution in [0.1, 0.15) is 162 Å². The molecule has 250 valence electrons. The standard InChI is InChI=1S/C40H66O4/c1-3-5-7-9-11-13-15-16-17-18-20-22-24-29-33-37-40(43)44-38(35-31-27-25-28-32-36-39(41)42)34-30-26-23-21-19-14-12-10-8-6-4-2/h6,8,11-14,16-17,21,23,30,34,38H,3-5,7,9-10,15,18-20,22,24-29,31-33,35-37H2,1-2H3,(H,41,42)/b8-6-,13-11-,14-12-,17-16-,23-21-,34-30-. The molecule has 0 aromatic heterocycles. The third-order valence-electron chi connectivity index (χ3n) is 7.40. The van der Waals surface area contributed by atoms with Crippen molar-refractivity contribution >= 4 is 11.9 Å². The zero-order valence-corrected chi connectivity index (χ0v) is 28.4. The average molecular weight is 611 g/mol. The Hall–Kier alpha value is -2.62. The van der Waals surface area contributed by atoms with Gasteiger partial charge in [-0.05, 0) is 89.5 Å². The Morgan fingerprint density at radius 2 is 1.02 bits per heavy atom. The lowest BCUT2D eigenvalue weighted by atomic mass is 10.1. The molecule has 0 saturated carbocycles. The Labute approximate surface area is 271 Å². The number of rotatable bonds is 31. The number of ether oxygens (including phenoxy) is 1. The summed E-state index contributed by atoms with van der Waals surface area (Å²) in [7, 11) is 0. The second-order valence-electron chi connectivity index (χ2n) is 11.7. The maximum Gasteiger partial charge on any atom is 0.306 e. The van der Waals surface area contributed by atoms with Crippen LogP contribution in [0.3, 0.4) is 0 Å². The highest BCUT2D eigenvalue weighted by Crippen LogP contribution is 2.14. The first-order chi connectivity index (χ1) is 21.6. The van der Waals surface area contributed by atoms with E-state index in [0.29, 0.717) is 6.42 Å². The van der Waals surface area contributed by atoms with Crippen molar-refractivity contribution in [3.63, 3.8) is 0 Å². The van der Waals surface area contributed by atoms with Crippen LogP contribution < -0.4 is 0 Å². The average Bonchev–Trinajstić information content (AvgIpc) is 3.00. The van der Waals surface area contributed by atoms with E-state index in [2.05, 4.69) is 80.7 Å². The summed E-state index contributed by atoms with van der Waals surface area (Å²) < 4.78 is 5.86. The molecular formula is C40H66O4. The molecule has 44 heavy (non-hydrogen) atoms. The number of hydrogen-bond acceptors (Lipinski definition) is 3. The molecule has 0 aliphatic heterocycles. The molecule has 0 fully saturated rings. The highest BCUT2D eigenvalue weighted by atomic mass is 16.5. The first kappa shape index (κ1) is 41.4. The van der Waals surface area contributed by atoms with Crippen molar-refractivity contribution in [2.75, 3.05) is 0 Å². The lowest BCUT2D eigenvalue weighted by molar-refractivity contribution is -0.147. The fourth-order valence-corrected chi connectivity index (χ4v) is 4.77. The molecule has 0 bridgehead atoms. The Kier molecular flexibility index (Phi) is 32.8. The van der Waals surface area contributed by atoms with Crippen LogP contribution in [0, 0.1) is 0 Å². The van der Waals surface area contributed by atoms with Gasteiger partial charge in [-0.2, -0.15) is 0 Å². The van der Waals surface area contributed by atoms with Crippen LogP contribution >= 0.6 is 0 Å². The van der Waals surface area contributed by atoms with Gasteiger partial charge in [-0.3, -0.25) is 9.59 Å². The van der Waals surface area contributed by atoms with Gasteiger partial charge in [0, 0.05) is 12.8 Å². The Bertz CT molecular complexity index is 830. The van der Waals surface area contributed by atoms with Gasteiger partial charge in [-0.1, -0.05) is 132 Å². The van der Waals surface area contributed by atoms with Crippen molar-refractivity contribution < 1.29 is 19.4 Å². The predicted molar refractivity (Wildman–Crippen MR) is 190 cm³/mol. The summed E-state index contributed by atoms with van der Waals surface area (Å²) in [5.74, 6) is -0.815. The summed E-state index contributed by atoms with van der Waals surface area (Å²) in [6.07, 6.45) is 49.2. The molecule has 0 aromatic rings. The van der Waals surface area contributed by atoms with Crippen molar-refractivity contribution in [2.45, 2.75) is 168 Å². The fraction of sp³-hybridized carbons (Fsp3) is 0.650. The second kappa shape index (κ2) is 34.9. The summed E-state index contributed by atoms with van der Waals surface area (Å²) in [4.78, 5) is 23.3. The summed E-state index contributed by atoms with van der Waals surface area (Å²) in [5.41, 5.74) is 0. The van der Waals surface area contributed by atoms with E-state index in [1.165, 1.54) is 44.9 Å². The summed E-state index contributed by atoms with van der Waals surface area (Å²) in [6.45, 7) is 4.39. The number of hydrogen-bond donors (Lipinski definition) is 1. The zero-order chi connectivity index (χ0) is 32.2. The fourth-order valence-electron chi connectivity index (χ4n) is 4.77. The van der Waals surface area contributed by atoms with Gasteiger partial charge in [0.25, 0.3) is 0 Å². The first-order valence-corrected chi connectivity index (χ1v) is 17.9. The number of carbonyl (C=O) groups is 2. The maximum atomic E-state index is 12.6. The third-order valence-corrected chi connectivity index (χ3v) is 7.40. The van der Waals surface area contributed by atoms with E-state index in [1.54, 1.807) is 0 Å². The molecule has 1 N–H and O–H groups in total. The second-order valence-corrected chi connectivity index (χ2v) is 11.7. The van der Waals surface area contributed by atoms with Crippen molar-refractivity contribution in [1.29, 1.82) is 0 Å². The maximum absolute atomic E-state index is 12.6. The summed E-state index contributed by atoms with van der Waals surface area (Å²) in [6, 6.07) is 0. The number of aliphatic carboxylic acids is 1. The molecule has 0 spiro atoms. The Morgan fingerprint density at radius 1 is 0.545 bits per heavy atom. The van der Waals surface area contributed by atoms with Crippen LogP contribution in [-0.2, 0) is 14.3 Å². The monoisotopic (exact) mass is 610 g/mol. The van der Waals surface area contributed by atoms with E-state index in [-0.39, 0.29) is 18.5 Å². The van der Waals surface area contributed by atoms with Gasteiger partial charge in [-0.25, -0.2) is 0 Å². The molecule has 0 aliphatic carbocycles. The normalized spacial score (nSPS) is 13.1. The quantitative estimate of drug-likeness (QED) is 0.0482. The van der Waals surface area contributed by atoms with Crippen LogP contribution in [0.25, 0.3) is 0 Å². The van der Waals surface area contributed by atoms with Crippen molar-refractivity contribution in [3.05, 3.63) is 72.9 Å². The lowest BCUT2D eigenvalue weighted by Crippen LogP contribution is -2.16. The van der Waals surface area contributed by atoms with E-state index in [9.17, 15) is 9.59 Å². The Balaban J connectivity index is 4.25. The smallest absolute Gasteiger partial charge is 0.306 e. The van der Waals surface area contributed by atoms with Gasteiger partial charge in [-0.15, -0.1) is 0 Å². The van der Waals surface area contributed by atoms with Crippen LogP contribution in [0.15, 0.2) is 72.9 Å². The van der Waals surface area contributed by atoms with Crippen molar-refractivity contribution in [2.24, 2.45) is 0 Å². The highest BCUT2D eigenvalue weighted by molar-refractivity contribution is 5.69. The largest absolute Gasteiger partial charge is 0.481 e. The van der Waals surface area contributed by atoms with Crippen LogP contribution in [0.4, 0.5) is 0 Å². The molecule has 0 aromatic carbocycles. The van der Waals surface area contributed by atoms with Gasteiger partial charge < -0.3 is 9.84 Å². The van der Waals surface area contributed by atoms with Gasteiger partial charge in [0.05, 0.1) is 0 Å². The highest BCUT2D eigenvalue weighted by Gasteiger charge is 2.11. The van der Waals surface area contributed by atoms with Crippen LogP contribution in [0.5, 0.6) is 0 Å². The number of esters is 1. The molecule has 0 saturated heterocycles. The molecule has 0 aliphatic rings. The van der Waals surface area contributed by atoms with Crippen LogP contribution in [0.2, 0.25) is 0 Å². The summed E-state index contributed by atoms with van der Waals surface area (Å²) in [5, 5.41) is 8.79. The third kappa shape index (κ3) is 33.9. The molecule has 4 nitrogen and oxygen atoms in total. The molecule has 4 heteroatoms. The molecule has 0 radical (unpaired) electrons. The zero-order valence-electron chi connectivity index (χ0n) is 28.4. The molecular weight excluding hydrogens is 544 g/mol. The topological polar surface area (TPSA) is 63.6 Å². The molecule has 0 heterocycles. The van der Waals surface area contributed by atoms with Crippen LogP contribution in [-0.4, -0.2) is 23.1 Å².